The highest BCUT2D eigenvalue weighted by atomic mass is 16.4. The zero-order valence-electron chi connectivity index (χ0n) is 13.0. The fourth-order valence-corrected chi connectivity index (χ4v) is 1.45. The average molecular weight is 304 g/mol. The molecule has 0 bridgehead atoms. The van der Waals surface area contributed by atoms with Crippen LogP contribution >= 0.6 is 0 Å². The number of carboxylic acid groups (broad SMARTS) is 1. The summed E-state index contributed by atoms with van der Waals surface area (Å²) < 4.78 is 0. The Kier molecular flexibility index (Phi) is 19.8. The summed E-state index contributed by atoms with van der Waals surface area (Å²) in [5, 5.41) is 10.9. The maximum atomic E-state index is 10.9. The van der Waals surface area contributed by atoms with Crippen LogP contribution in [0.25, 0.3) is 0 Å². The van der Waals surface area contributed by atoms with Gasteiger partial charge in [-0.25, -0.2) is 0 Å². The Labute approximate surface area is 127 Å². The first kappa shape index (κ1) is 22.1. The number of unbranched alkanes of at least 4 members (excludes halogenated alkanes) is 4. The molecule has 0 atom stereocenters. The van der Waals surface area contributed by atoms with E-state index in [1.54, 1.807) is 0 Å². The number of hydrogen-bond donors (Lipinski definition) is 5. The number of carbonyl (C=O) groups is 2. The molecule has 126 valence electrons. The van der Waals surface area contributed by atoms with Crippen LogP contribution in [0.1, 0.15) is 51.4 Å². The Morgan fingerprint density at radius 3 is 1.67 bits per heavy atom. The van der Waals surface area contributed by atoms with E-state index < -0.39 is 5.97 Å². The highest BCUT2D eigenvalue weighted by Gasteiger charge is 2.03. The molecule has 0 aromatic carbocycles. The summed E-state index contributed by atoms with van der Waals surface area (Å²) in [6, 6.07) is 0. The predicted octanol–water partition coefficient (Wildman–Crippen LogP) is 0.171. The summed E-state index contributed by atoms with van der Waals surface area (Å²) in [4.78, 5) is 21.0. The molecule has 0 aliphatic carbocycles. The van der Waals surface area contributed by atoms with Gasteiger partial charge < -0.3 is 27.6 Å². The number of amides is 1. The molecule has 0 saturated heterocycles. The Hall–Kier alpha value is -1.18. The van der Waals surface area contributed by atoms with Crippen molar-refractivity contribution < 1.29 is 14.7 Å². The minimum Gasteiger partial charge on any atom is -0.481 e. The third-order valence-electron chi connectivity index (χ3n) is 2.68. The number of nitrogens with one attached hydrogen (secondary N) is 1. The molecule has 7 heteroatoms. The van der Waals surface area contributed by atoms with Crippen LogP contribution < -0.4 is 22.5 Å². The monoisotopic (exact) mass is 304 g/mol. The minimum absolute atomic E-state index is 0.0535. The summed E-state index contributed by atoms with van der Waals surface area (Å²) in [5.74, 6) is -1.16. The van der Waals surface area contributed by atoms with Crippen molar-refractivity contribution in [3.8, 4) is 0 Å². The van der Waals surface area contributed by atoms with E-state index in [1.165, 1.54) is 12.8 Å². The van der Waals surface area contributed by atoms with Crippen molar-refractivity contribution in [2.75, 3.05) is 26.2 Å². The minimum atomic E-state index is -0.947. The smallest absolute Gasteiger partial charge is 0.303 e. The van der Waals surface area contributed by atoms with E-state index >= 15 is 0 Å². The van der Waals surface area contributed by atoms with Crippen LogP contribution in [0.4, 0.5) is 0 Å². The first-order chi connectivity index (χ1) is 10.1. The predicted molar refractivity (Wildman–Crippen MR) is 84.7 cm³/mol. The Balaban J connectivity index is 0. The molecular formula is C14H32N4O3. The molecule has 0 rings (SSSR count). The second-order valence-corrected chi connectivity index (χ2v) is 4.73. The van der Waals surface area contributed by atoms with Gasteiger partial charge in [0.25, 0.3) is 0 Å². The van der Waals surface area contributed by atoms with Crippen molar-refractivity contribution in [3.63, 3.8) is 0 Å². The largest absolute Gasteiger partial charge is 0.481 e. The van der Waals surface area contributed by atoms with E-state index in [4.69, 9.17) is 22.3 Å². The molecule has 0 aliphatic rings. The number of nitrogens with two attached hydrogens (primary N) is 3. The third kappa shape index (κ3) is 24.2. The molecule has 0 aromatic heterocycles. The first-order valence-corrected chi connectivity index (χ1v) is 7.67. The Bertz CT molecular complexity index is 244. The second kappa shape index (κ2) is 18.8. The highest BCUT2D eigenvalue weighted by Crippen LogP contribution is 1.95. The van der Waals surface area contributed by atoms with Crippen molar-refractivity contribution in [1.29, 1.82) is 0 Å². The van der Waals surface area contributed by atoms with Gasteiger partial charge in [0.1, 0.15) is 0 Å². The average Bonchev–Trinajstić information content (AvgIpc) is 2.47. The Morgan fingerprint density at radius 2 is 1.24 bits per heavy atom. The molecule has 8 N–H and O–H groups in total. The lowest BCUT2D eigenvalue weighted by Crippen LogP contribution is -2.25. The molecule has 0 aromatic rings. The lowest BCUT2D eigenvalue weighted by atomic mass is 10.2. The fourth-order valence-electron chi connectivity index (χ4n) is 1.45. The number of hydrogen-bond acceptors (Lipinski definition) is 5. The van der Waals surface area contributed by atoms with Crippen LogP contribution in [0.5, 0.6) is 0 Å². The van der Waals surface area contributed by atoms with E-state index in [1.807, 2.05) is 0 Å². The lowest BCUT2D eigenvalue weighted by molar-refractivity contribution is -0.138. The van der Waals surface area contributed by atoms with Crippen molar-refractivity contribution in [3.05, 3.63) is 0 Å². The Morgan fingerprint density at radius 1 is 0.762 bits per heavy atom. The summed E-state index contributed by atoms with van der Waals surface area (Å²) >= 11 is 0. The van der Waals surface area contributed by atoms with Gasteiger partial charge in [0.2, 0.25) is 5.91 Å². The van der Waals surface area contributed by atoms with Gasteiger partial charge in [-0.1, -0.05) is 12.8 Å². The van der Waals surface area contributed by atoms with Crippen molar-refractivity contribution >= 4 is 11.9 Å². The van der Waals surface area contributed by atoms with Gasteiger partial charge in [0, 0.05) is 13.0 Å². The van der Waals surface area contributed by atoms with E-state index in [-0.39, 0.29) is 18.7 Å². The maximum absolute atomic E-state index is 10.9. The molecule has 0 aliphatic heterocycles. The van der Waals surface area contributed by atoms with Gasteiger partial charge in [-0.05, 0) is 45.3 Å². The van der Waals surface area contributed by atoms with Crippen LogP contribution in [-0.2, 0) is 9.59 Å². The molecule has 21 heavy (non-hydrogen) atoms. The summed E-state index contributed by atoms with van der Waals surface area (Å²) in [7, 11) is 0. The number of aliphatic carboxylic acids is 1. The van der Waals surface area contributed by atoms with Crippen LogP contribution in [0.3, 0.4) is 0 Å². The SMILES string of the molecule is NCCCCCCN.NCCCCNC(=O)CCC(=O)O. The van der Waals surface area contributed by atoms with Crippen LogP contribution in [0.15, 0.2) is 0 Å². The van der Waals surface area contributed by atoms with E-state index in [0.717, 1.165) is 38.8 Å². The second-order valence-electron chi connectivity index (χ2n) is 4.73. The van der Waals surface area contributed by atoms with Gasteiger partial charge in [-0.15, -0.1) is 0 Å². The zero-order valence-corrected chi connectivity index (χ0v) is 13.0. The van der Waals surface area contributed by atoms with Crippen molar-refractivity contribution in [2.24, 2.45) is 17.2 Å². The van der Waals surface area contributed by atoms with E-state index in [0.29, 0.717) is 13.1 Å². The van der Waals surface area contributed by atoms with E-state index in [9.17, 15) is 9.59 Å². The third-order valence-corrected chi connectivity index (χ3v) is 2.68. The number of carboxylic acids is 1. The molecule has 0 unspecified atom stereocenters. The standard InChI is InChI=1S/C8H16N2O3.C6H16N2/c9-5-1-2-6-10-7(11)3-4-8(12)13;7-5-3-1-2-4-6-8/h1-6,9H2,(H,10,11)(H,12,13);1-8H2. The lowest BCUT2D eigenvalue weighted by Gasteiger charge is -2.02. The van der Waals surface area contributed by atoms with Gasteiger partial charge >= 0.3 is 5.97 Å². The normalized spacial score (nSPS) is 9.67. The van der Waals surface area contributed by atoms with Gasteiger partial charge in [0.05, 0.1) is 6.42 Å². The molecule has 7 nitrogen and oxygen atoms in total. The summed E-state index contributed by atoms with van der Waals surface area (Å²) in [6.07, 6.45) is 6.45. The van der Waals surface area contributed by atoms with Gasteiger partial charge in [-0.3, -0.25) is 9.59 Å². The summed E-state index contributed by atoms with van der Waals surface area (Å²) in [6.45, 7) is 2.84. The molecule has 0 saturated carbocycles. The first-order valence-electron chi connectivity index (χ1n) is 7.67. The van der Waals surface area contributed by atoms with Crippen molar-refractivity contribution in [2.45, 2.75) is 51.4 Å². The fraction of sp³-hybridized carbons (Fsp3) is 0.857. The molecule has 0 fully saturated rings. The number of rotatable bonds is 12. The topological polar surface area (TPSA) is 144 Å². The molecule has 0 heterocycles. The highest BCUT2D eigenvalue weighted by molar-refractivity contribution is 5.80. The quantitative estimate of drug-likeness (QED) is 0.325. The van der Waals surface area contributed by atoms with Crippen molar-refractivity contribution in [1.82, 2.24) is 5.32 Å². The van der Waals surface area contributed by atoms with Crippen LogP contribution in [-0.4, -0.2) is 43.2 Å². The zero-order chi connectivity index (χ0) is 16.3. The molecule has 1 amide bonds. The summed E-state index contributed by atoms with van der Waals surface area (Å²) in [5.41, 5.74) is 15.8. The molecule has 0 radical (unpaired) electrons. The van der Waals surface area contributed by atoms with Crippen LogP contribution in [0, 0.1) is 0 Å². The van der Waals surface area contributed by atoms with Gasteiger partial charge in [0.15, 0.2) is 0 Å². The number of carbonyl (C=O) groups excluding carboxylic acids is 1. The molecule has 0 spiro atoms. The van der Waals surface area contributed by atoms with E-state index in [2.05, 4.69) is 5.32 Å². The van der Waals surface area contributed by atoms with Gasteiger partial charge in [-0.2, -0.15) is 0 Å². The maximum Gasteiger partial charge on any atom is 0.303 e. The molecular weight excluding hydrogens is 272 g/mol. The van der Waals surface area contributed by atoms with Crippen LogP contribution in [0.2, 0.25) is 0 Å².